The van der Waals surface area contributed by atoms with Crippen molar-refractivity contribution >= 4 is 17.2 Å². The lowest BCUT2D eigenvalue weighted by molar-refractivity contribution is 0.278. The van der Waals surface area contributed by atoms with Gasteiger partial charge in [-0.25, -0.2) is 0 Å². The van der Waals surface area contributed by atoms with Crippen molar-refractivity contribution in [2.75, 3.05) is 7.05 Å². The number of unbranched alkanes of at least 4 members (excludes halogenated alkanes) is 2. The molecule has 0 N–H and O–H groups in total. The molecule has 0 aromatic carbocycles. The highest BCUT2D eigenvalue weighted by atomic mass is 32.1. The maximum atomic E-state index is 5.41. The zero-order chi connectivity index (χ0) is 11.3. The molecule has 1 nitrogen and oxygen atoms in total. The Morgan fingerprint density at radius 2 is 1.93 bits per heavy atom. The molecule has 0 radical (unpaired) electrons. The van der Waals surface area contributed by atoms with Crippen LogP contribution in [0.15, 0.2) is 0 Å². The first-order chi connectivity index (χ1) is 7.20. The fourth-order valence-electron chi connectivity index (χ4n) is 2.70. The summed E-state index contributed by atoms with van der Waals surface area (Å²) in [5, 5.41) is 0. The van der Waals surface area contributed by atoms with E-state index >= 15 is 0 Å². The van der Waals surface area contributed by atoms with Gasteiger partial charge in [0.1, 0.15) is 0 Å². The molecule has 1 fully saturated rings. The Balaban J connectivity index is 2.44. The Morgan fingerprint density at radius 1 is 1.20 bits per heavy atom. The first-order valence-electron chi connectivity index (χ1n) is 6.46. The van der Waals surface area contributed by atoms with E-state index in [1.807, 2.05) is 0 Å². The lowest BCUT2D eigenvalue weighted by atomic mass is 9.91. The van der Waals surface area contributed by atoms with Crippen LogP contribution in [0.2, 0.25) is 0 Å². The molecule has 0 aromatic rings. The van der Waals surface area contributed by atoms with Crippen LogP contribution in [0.3, 0.4) is 0 Å². The van der Waals surface area contributed by atoms with Crippen LogP contribution in [0, 0.1) is 5.92 Å². The van der Waals surface area contributed by atoms with Crippen molar-refractivity contribution in [2.24, 2.45) is 5.92 Å². The predicted molar refractivity (Wildman–Crippen MR) is 71.3 cm³/mol. The molecule has 15 heavy (non-hydrogen) atoms. The molecule has 0 amide bonds. The first-order valence-corrected chi connectivity index (χ1v) is 6.87. The van der Waals surface area contributed by atoms with Gasteiger partial charge in [-0.3, -0.25) is 0 Å². The zero-order valence-electron chi connectivity index (χ0n) is 10.5. The van der Waals surface area contributed by atoms with Gasteiger partial charge < -0.3 is 4.90 Å². The lowest BCUT2D eigenvalue weighted by Crippen LogP contribution is -2.30. The van der Waals surface area contributed by atoms with Crippen molar-refractivity contribution in [3.05, 3.63) is 0 Å². The number of rotatable bonds is 6. The van der Waals surface area contributed by atoms with E-state index in [-0.39, 0.29) is 0 Å². The number of likely N-dealkylation sites (tertiary alicyclic amines) is 1. The Morgan fingerprint density at radius 3 is 2.53 bits per heavy atom. The fourth-order valence-corrected chi connectivity index (χ4v) is 3.05. The van der Waals surface area contributed by atoms with Crippen molar-refractivity contribution in [2.45, 2.75) is 64.8 Å². The van der Waals surface area contributed by atoms with Crippen LogP contribution in [0.5, 0.6) is 0 Å². The highest BCUT2D eigenvalue weighted by Gasteiger charge is 2.33. The standard InChI is InChI=1S/C13H25NS/c1-4-6-7-9-12-11(8-5-2)10-13(15)14(12)3/h11-12H,4-10H2,1-3H3. The van der Waals surface area contributed by atoms with Crippen molar-refractivity contribution in [1.82, 2.24) is 4.90 Å². The molecule has 0 saturated carbocycles. The predicted octanol–water partition coefficient (Wildman–Crippen LogP) is 4.01. The molecule has 2 atom stereocenters. The van der Waals surface area contributed by atoms with E-state index in [4.69, 9.17) is 12.2 Å². The van der Waals surface area contributed by atoms with Crippen LogP contribution in [-0.4, -0.2) is 23.0 Å². The minimum absolute atomic E-state index is 0.740. The normalized spacial score (nSPS) is 26.3. The van der Waals surface area contributed by atoms with Gasteiger partial charge in [0.15, 0.2) is 0 Å². The molecule has 0 spiro atoms. The summed E-state index contributed by atoms with van der Waals surface area (Å²) in [6.07, 6.45) is 9.21. The number of nitrogens with zero attached hydrogens (tertiary/aromatic N) is 1. The summed E-state index contributed by atoms with van der Waals surface area (Å²) >= 11 is 5.41. The van der Waals surface area contributed by atoms with E-state index in [0.29, 0.717) is 0 Å². The van der Waals surface area contributed by atoms with Crippen LogP contribution in [0.4, 0.5) is 0 Å². The molecule has 1 saturated heterocycles. The summed E-state index contributed by atoms with van der Waals surface area (Å²) in [6.45, 7) is 4.55. The van der Waals surface area contributed by atoms with Crippen LogP contribution >= 0.6 is 12.2 Å². The number of hydrogen-bond acceptors (Lipinski definition) is 1. The molecule has 1 rings (SSSR count). The van der Waals surface area contributed by atoms with Gasteiger partial charge in [-0.2, -0.15) is 0 Å². The van der Waals surface area contributed by atoms with Crippen LogP contribution in [-0.2, 0) is 0 Å². The Hall–Kier alpha value is -0.110. The van der Waals surface area contributed by atoms with E-state index < -0.39 is 0 Å². The van der Waals surface area contributed by atoms with Crippen molar-refractivity contribution in [3.8, 4) is 0 Å². The molecule has 1 heterocycles. The topological polar surface area (TPSA) is 3.24 Å². The van der Waals surface area contributed by atoms with Crippen LogP contribution < -0.4 is 0 Å². The molecule has 2 heteroatoms. The van der Waals surface area contributed by atoms with E-state index in [9.17, 15) is 0 Å². The summed E-state index contributed by atoms with van der Waals surface area (Å²) in [5.74, 6) is 0.837. The summed E-state index contributed by atoms with van der Waals surface area (Å²) < 4.78 is 0. The monoisotopic (exact) mass is 227 g/mol. The number of thiocarbonyl (C=S) groups is 1. The summed E-state index contributed by atoms with van der Waals surface area (Å²) in [6, 6.07) is 0.740. The lowest BCUT2D eigenvalue weighted by Gasteiger charge is -2.25. The van der Waals surface area contributed by atoms with Gasteiger partial charge in [0.25, 0.3) is 0 Å². The third kappa shape index (κ3) is 3.44. The Kier molecular flexibility index (Phi) is 5.59. The van der Waals surface area contributed by atoms with Crippen LogP contribution in [0.1, 0.15) is 58.8 Å². The highest BCUT2D eigenvalue weighted by molar-refractivity contribution is 7.80. The molecule has 0 bridgehead atoms. The molecule has 2 unspecified atom stereocenters. The number of hydrogen-bond donors (Lipinski definition) is 0. The average molecular weight is 227 g/mol. The summed E-state index contributed by atoms with van der Waals surface area (Å²) in [5.41, 5.74) is 0. The van der Waals surface area contributed by atoms with E-state index in [1.54, 1.807) is 0 Å². The van der Waals surface area contributed by atoms with Gasteiger partial charge in [-0.15, -0.1) is 0 Å². The van der Waals surface area contributed by atoms with Gasteiger partial charge in [0.05, 0.1) is 4.99 Å². The molecule has 0 aromatic heterocycles. The Labute approximate surface area is 100 Å². The van der Waals surface area contributed by atoms with Gasteiger partial charge in [0.2, 0.25) is 0 Å². The first kappa shape index (κ1) is 13.0. The third-order valence-electron chi connectivity index (χ3n) is 3.63. The van der Waals surface area contributed by atoms with Gasteiger partial charge >= 0.3 is 0 Å². The van der Waals surface area contributed by atoms with E-state index in [1.165, 1.54) is 43.5 Å². The smallest absolute Gasteiger partial charge is 0.0782 e. The van der Waals surface area contributed by atoms with E-state index in [2.05, 4.69) is 25.8 Å². The molecule has 1 aliphatic rings. The van der Waals surface area contributed by atoms with Gasteiger partial charge in [-0.05, 0) is 18.8 Å². The summed E-state index contributed by atoms with van der Waals surface area (Å²) in [7, 11) is 2.19. The van der Waals surface area contributed by atoms with Gasteiger partial charge in [-0.1, -0.05) is 51.7 Å². The fraction of sp³-hybridized carbons (Fsp3) is 0.923. The van der Waals surface area contributed by atoms with Gasteiger partial charge in [0, 0.05) is 19.5 Å². The van der Waals surface area contributed by atoms with Crippen molar-refractivity contribution < 1.29 is 0 Å². The SMILES string of the molecule is CCCCCC1C(CCC)CC(=S)N1C. The average Bonchev–Trinajstić information content (AvgIpc) is 2.47. The quantitative estimate of drug-likeness (QED) is 0.498. The minimum atomic E-state index is 0.740. The highest BCUT2D eigenvalue weighted by Crippen LogP contribution is 2.32. The second-order valence-electron chi connectivity index (χ2n) is 4.82. The summed E-state index contributed by atoms with van der Waals surface area (Å²) in [4.78, 5) is 3.56. The third-order valence-corrected chi connectivity index (χ3v) is 4.09. The van der Waals surface area contributed by atoms with E-state index in [0.717, 1.165) is 18.4 Å². The largest absolute Gasteiger partial charge is 0.366 e. The molecule has 1 aliphatic heterocycles. The molecule has 88 valence electrons. The molecular weight excluding hydrogens is 202 g/mol. The minimum Gasteiger partial charge on any atom is -0.366 e. The second kappa shape index (κ2) is 6.47. The van der Waals surface area contributed by atoms with Crippen LogP contribution in [0.25, 0.3) is 0 Å². The zero-order valence-corrected chi connectivity index (χ0v) is 11.3. The molecule has 0 aliphatic carbocycles. The maximum absolute atomic E-state index is 5.41. The Bertz CT molecular complexity index is 203. The second-order valence-corrected chi connectivity index (χ2v) is 5.29. The van der Waals surface area contributed by atoms with Crippen molar-refractivity contribution in [1.29, 1.82) is 0 Å². The molecular formula is C13H25NS. The maximum Gasteiger partial charge on any atom is 0.0782 e. The van der Waals surface area contributed by atoms with Crippen molar-refractivity contribution in [3.63, 3.8) is 0 Å².